The molecule has 0 aliphatic carbocycles. The van der Waals surface area contributed by atoms with Crippen LogP contribution in [0.1, 0.15) is 5.69 Å². The molecule has 1 aromatic carbocycles. The normalized spacial score (nSPS) is 9.95. The van der Waals surface area contributed by atoms with Crippen molar-refractivity contribution in [3.63, 3.8) is 0 Å². The number of pyridine rings is 1. The first-order chi connectivity index (χ1) is 10.1. The SMILES string of the molecule is C=CC(=O)N(c1ccc(Br)cc1)c1ccc(N)c(C=N)n1. The number of hydrogen-bond acceptors (Lipinski definition) is 4. The lowest BCUT2D eigenvalue weighted by Crippen LogP contribution is -2.25. The first-order valence-corrected chi connectivity index (χ1v) is 6.85. The fourth-order valence-corrected chi connectivity index (χ4v) is 2.03. The number of carbonyl (C=O) groups is 1. The third kappa shape index (κ3) is 3.17. The van der Waals surface area contributed by atoms with E-state index in [0.717, 1.165) is 10.7 Å². The third-order valence-corrected chi connectivity index (χ3v) is 3.32. The standard InChI is InChI=1S/C15H13BrN4O/c1-2-15(21)20(11-5-3-10(16)4-6-11)14-8-7-12(18)13(9-17)19-14/h2-9,17H,1,18H2. The number of anilines is 3. The van der Waals surface area contributed by atoms with E-state index in [9.17, 15) is 4.79 Å². The Morgan fingerprint density at radius 1 is 1.29 bits per heavy atom. The summed E-state index contributed by atoms with van der Waals surface area (Å²) < 4.78 is 0.905. The molecule has 0 saturated heterocycles. The molecule has 0 spiro atoms. The number of carbonyl (C=O) groups excluding carboxylic acids is 1. The van der Waals surface area contributed by atoms with Crippen molar-refractivity contribution in [3.05, 3.63) is 59.2 Å². The summed E-state index contributed by atoms with van der Waals surface area (Å²) in [5, 5.41) is 7.31. The summed E-state index contributed by atoms with van der Waals surface area (Å²) >= 11 is 3.35. The molecular formula is C15H13BrN4O. The highest BCUT2D eigenvalue weighted by molar-refractivity contribution is 9.10. The lowest BCUT2D eigenvalue weighted by molar-refractivity contribution is -0.113. The second-order valence-electron chi connectivity index (χ2n) is 4.14. The molecule has 1 amide bonds. The van der Waals surface area contributed by atoms with E-state index in [0.29, 0.717) is 22.9 Å². The smallest absolute Gasteiger partial charge is 0.256 e. The van der Waals surface area contributed by atoms with Gasteiger partial charge in [0.1, 0.15) is 11.5 Å². The van der Waals surface area contributed by atoms with Gasteiger partial charge in [0.15, 0.2) is 0 Å². The van der Waals surface area contributed by atoms with Gasteiger partial charge in [-0.2, -0.15) is 0 Å². The second-order valence-corrected chi connectivity index (χ2v) is 5.06. The molecule has 6 heteroatoms. The van der Waals surface area contributed by atoms with Crippen LogP contribution >= 0.6 is 15.9 Å². The van der Waals surface area contributed by atoms with Crippen LogP contribution in [0.25, 0.3) is 0 Å². The zero-order valence-electron chi connectivity index (χ0n) is 11.1. The van der Waals surface area contributed by atoms with Crippen LogP contribution in [-0.4, -0.2) is 17.1 Å². The van der Waals surface area contributed by atoms with Gasteiger partial charge < -0.3 is 11.1 Å². The van der Waals surface area contributed by atoms with Crippen molar-refractivity contribution >= 4 is 45.2 Å². The summed E-state index contributed by atoms with van der Waals surface area (Å²) in [6.07, 6.45) is 2.27. The van der Waals surface area contributed by atoms with Gasteiger partial charge in [0.25, 0.3) is 5.91 Å². The van der Waals surface area contributed by atoms with E-state index in [-0.39, 0.29) is 5.91 Å². The maximum absolute atomic E-state index is 12.2. The zero-order valence-corrected chi connectivity index (χ0v) is 12.7. The minimum atomic E-state index is -0.314. The van der Waals surface area contributed by atoms with Crippen LogP contribution in [0.4, 0.5) is 17.2 Å². The largest absolute Gasteiger partial charge is 0.397 e. The van der Waals surface area contributed by atoms with Crippen molar-refractivity contribution in [1.82, 2.24) is 4.98 Å². The average Bonchev–Trinajstić information content (AvgIpc) is 2.50. The molecule has 2 aromatic rings. The molecule has 0 aliphatic heterocycles. The number of amides is 1. The van der Waals surface area contributed by atoms with Crippen LogP contribution in [0, 0.1) is 5.41 Å². The van der Waals surface area contributed by atoms with Gasteiger partial charge in [0.05, 0.1) is 11.4 Å². The van der Waals surface area contributed by atoms with Crippen LogP contribution in [0.3, 0.4) is 0 Å². The molecule has 0 aliphatic rings. The predicted molar refractivity (Wildman–Crippen MR) is 88.0 cm³/mol. The molecule has 3 N–H and O–H groups in total. The minimum absolute atomic E-state index is 0.312. The summed E-state index contributed by atoms with van der Waals surface area (Å²) in [5.74, 6) is 0.0699. The van der Waals surface area contributed by atoms with Crippen LogP contribution in [-0.2, 0) is 4.79 Å². The van der Waals surface area contributed by atoms with Gasteiger partial charge in [0, 0.05) is 10.7 Å². The number of rotatable bonds is 4. The van der Waals surface area contributed by atoms with Crippen LogP contribution in [0.15, 0.2) is 53.5 Å². The average molecular weight is 345 g/mol. The third-order valence-electron chi connectivity index (χ3n) is 2.79. The van der Waals surface area contributed by atoms with Crippen molar-refractivity contribution in [1.29, 1.82) is 5.41 Å². The van der Waals surface area contributed by atoms with Crippen molar-refractivity contribution < 1.29 is 4.79 Å². The van der Waals surface area contributed by atoms with E-state index in [1.807, 2.05) is 12.1 Å². The Labute approximate surface area is 130 Å². The highest BCUT2D eigenvalue weighted by Crippen LogP contribution is 2.27. The number of nitrogens with zero attached hydrogens (tertiary/aromatic N) is 2. The maximum atomic E-state index is 12.2. The molecule has 0 bridgehead atoms. The highest BCUT2D eigenvalue weighted by Gasteiger charge is 2.17. The molecule has 0 radical (unpaired) electrons. The molecule has 106 valence electrons. The molecule has 0 saturated carbocycles. The number of benzene rings is 1. The van der Waals surface area contributed by atoms with Crippen LogP contribution in [0.5, 0.6) is 0 Å². The van der Waals surface area contributed by atoms with Gasteiger partial charge in [-0.3, -0.25) is 9.69 Å². The Morgan fingerprint density at radius 2 is 1.95 bits per heavy atom. The second kappa shape index (κ2) is 6.32. The summed E-state index contributed by atoms with van der Waals surface area (Å²) in [5.41, 5.74) is 7.07. The van der Waals surface area contributed by atoms with E-state index < -0.39 is 0 Å². The summed E-state index contributed by atoms with van der Waals surface area (Å²) in [4.78, 5) is 17.8. The predicted octanol–water partition coefficient (Wildman–Crippen LogP) is 3.27. The number of nitrogens with one attached hydrogen (secondary N) is 1. The van der Waals surface area contributed by atoms with Gasteiger partial charge in [0.2, 0.25) is 0 Å². The molecular weight excluding hydrogens is 332 g/mol. The molecule has 0 fully saturated rings. The Bertz CT molecular complexity index is 697. The van der Waals surface area contributed by atoms with Gasteiger partial charge in [-0.05, 0) is 42.5 Å². The Hall–Kier alpha value is -2.47. The lowest BCUT2D eigenvalue weighted by Gasteiger charge is -2.21. The van der Waals surface area contributed by atoms with Crippen molar-refractivity contribution in [2.24, 2.45) is 0 Å². The Kier molecular flexibility index (Phi) is 4.49. The molecule has 0 unspecified atom stereocenters. The quantitative estimate of drug-likeness (QED) is 0.659. The van der Waals surface area contributed by atoms with Crippen LogP contribution < -0.4 is 10.6 Å². The van der Waals surface area contributed by atoms with Crippen molar-refractivity contribution in [2.75, 3.05) is 10.6 Å². The molecule has 0 atom stereocenters. The van der Waals surface area contributed by atoms with Crippen LogP contribution in [0.2, 0.25) is 0 Å². The molecule has 2 rings (SSSR count). The van der Waals surface area contributed by atoms with E-state index in [2.05, 4.69) is 27.5 Å². The zero-order chi connectivity index (χ0) is 15.4. The summed E-state index contributed by atoms with van der Waals surface area (Å²) in [6, 6.07) is 10.5. The molecule has 1 heterocycles. The number of nitrogens with two attached hydrogens (primary N) is 1. The highest BCUT2D eigenvalue weighted by atomic mass is 79.9. The summed E-state index contributed by atoms with van der Waals surface area (Å²) in [6.45, 7) is 3.51. The Morgan fingerprint density at radius 3 is 2.52 bits per heavy atom. The number of halogens is 1. The first kappa shape index (κ1) is 14.9. The Balaban J connectivity index is 2.55. The minimum Gasteiger partial charge on any atom is -0.397 e. The monoisotopic (exact) mass is 344 g/mol. The number of nitrogen functional groups attached to an aromatic ring is 1. The number of aromatic nitrogens is 1. The fourth-order valence-electron chi connectivity index (χ4n) is 1.77. The first-order valence-electron chi connectivity index (χ1n) is 6.06. The molecule has 21 heavy (non-hydrogen) atoms. The van der Waals surface area contributed by atoms with E-state index in [1.54, 1.807) is 24.3 Å². The van der Waals surface area contributed by atoms with E-state index in [4.69, 9.17) is 11.1 Å². The molecule has 5 nitrogen and oxygen atoms in total. The maximum Gasteiger partial charge on any atom is 0.256 e. The van der Waals surface area contributed by atoms with Gasteiger partial charge in [-0.1, -0.05) is 22.5 Å². The summed E-state index contributed by atoms with van der Waals surface area (Å²) in [7, 11) is 0. The fraction of sp³-hybridized carbons (Fsp3) is 0. The van der Waals surface area contributed by atoms with Gasteiger partial charge in [-0.25, -0.2) is 4.98 Å². The number of hydrogen-bond donors (Lipinski definition) is 2. The van der Waals surface area contributed by atoms with E-state index in [1.165, 1.54) is 11.0 Å². The lowest BCUT2D eigenvalue weighted by atomic mass is 10.2. The topological polar surface area (TPSA) is 83.1 Å². The van der Waals surface area contributed by atoms with E-state index >= 15 is 0 Å². The van der Waals surface area contributed by atoms with Gasteiger partial charge >= 0.3 is 0 Å². The van der Waals surface area contributed by atoms with Crippen molar-refractivity contribution in [2.45, 2.75) is 0 Å². The van der Waals surface area contributed by atoms with Gasteiger partial charge in [-0.15, -0.1) is 0 Å². The molecule has 1 aromatic heterocycles. The van der Waals surface area contributed by atoms with Crippen molar-refractivity contribution in [3.8, 4) is 0 Å².